The number of nitrogens with zero attached hydrogens (tertiary/aromatic N) is 2. The van der Waals surface area contributed by atoms with Gasteiger partial charge in [-0.15, -0.1) is 0 Å². The van der Waals surface area contributed by atoms with Crippen molar-refractivity contribution in [2.75, 3.05) is 4.90 Å². The van der Waals surface area contributed by atoms with E-state index in [0.29, 0.717) is 11.8 Å². The maximum absolute atomic E-state index is 2.54. The molecule has 0 saturated carbocycles. The Kier molecular flexibility index (Phi) is 5.94. The summed E-state index contributed by atoms with van der Waals surface area (Å²) >= 11 is 0. The van der Waals surface area contributed by atoms with Crippen molar-refractivity contribution in [1.82, 2.24) is 4.57 Å². The van der Waals surface area contributed by atoms with Gasteiger partial charge in [0.05, 0.1) is 11.6 Å². The molecule has 11 rings (SSSR count). The van der Waals surface area contributed by atoms with Crippen LogP contribution in [0.15, 0.2) is 176 Å². The summed E-state index contributed by atoms with van der Waals surface area (Å²) in [5.74, 6) is 0.600. The second-order valence-electron chi connectivity index (χ2n) is 14.0. The second-order valence-corrected chi connectivity index (χ2v) is 14.0. The maximum Gasteiger partial charge on any atom is 0.0560 e. The van der Waals surface area contributed by atoms with Gasteiger partial charge in [0.25, 0.3) is 0 Å². The third-order valence-electron chi connectivity index (χ3n) is 11.4. The van der Waals surface area contributed by atoms with Crippen molar-refractivity contribution in [3.63, 3.8) is 0 Å². The number of hydrogen-bond donors (Lipinski definition) is 0. The molecule has 1 heterocycles. The average Bonchev–Trinajstić information content (AvgIpc) is 3.46. The minimum atomic E-state index is 0.271. The molecule has 3 unspecified atom stereocenters. The zero-order valence-electron chi connectivity index (χ0n) is 27.6. The van der Waals surface area contributed by atoms with Gasteiger partial charge in [0, 0.05) is 45.2 Å². The number of rotatable bonds is 4. The lowest BCUT2D eigenvalue weighted by Crippen LogP contribution is -2.13. The number of fused-ring (bicyclic) bond motifs is 7. The average molecular weight is 639 g/mol. The Morgan fingerprint density at radius 1 is 0.520 bits per heavy atom. The van der Waals surface area contributed by atoms with Crippen molar-refractivity contribution in [3.8, 4) is 22.3 Å². The molecule has 50 heavy (non-hydrogen) atoms. The molecule has 1 aromatic heterocycles. The molecule has 4 aliphatic rings. The summed E-state index contributed by atoms with van der Waals surface area (Å²) in [6.07, 6.45) is 17.0. The van der Waals surface area contributed by atoms with Gasteiger partial charge in [0.1, 0.15) is 0 Å². The van der Waals surface area contributed by atoms with Gasteiger partial charge < -0.3 is 9.47 Å². The summed E-state index contributed by atoms with van der Waals surface area (Å²) in [4.78, 5) is 2.45. The van der Waals surface area contributed by atoms with E-state index in [4.69, 9.17) is 0 Å². The minimum absolute atomic E-state index is 0.271. The van der Waals surface area contributed by atoms with E-state index in [-0.39, 0.29) is 6.04 Å². The molecule has 6 aromatic carbocycles. The van der Waals surface area contributed by atoms with Crippen LogP contribution >= 0.6 is 0 Å². The van der Waals surface area contributed by atoms with E-state index in [1.165, 1.54) is 66.3 Å². The van der Waals surface area contributed by atoms with Crippen LogP contribution < -0.4 is 4.90 Å². The highest BCUT2D eigenvalue weighted by Gasteiger charge is 2.40. The van der Waals surface area contributed by atoms with E-state index in [1.54, 1.807) is 0 Å². The molecule has 2 heteroatoms. The Bertz CT molecular complexity index is 2650. The fourth-order valence-corrected chi connectivity index (χ4v) is 9.37. The molecule has 2 nitrogen and oxygen atoms in total. The molecule has 0 aliphatic heterocycles. The quantitative estimate of drug-likeness (QED) is 0.186. The van der Waals surface area contributed by atoms with Crippen LogP contribution in [-0.2, 0) is 0 Å². The zero-order chi connectivity index (χ0) is 32.8. The standard InChI is InChI=1S/C48H34N2/c1-3-13-31(14-4-1)49(34-26-28-38-37-18-9-10-24-45(37)50(46(38)30-34)32-15-5-2-6-16-32)33-25-27-36-41-21-12-22-42-43-23-11-20-40(48(43)44(36)29-33)35-17-7-8-19-39(35)47(41)42/h1-15,17-30,32,42,47H,16H2. The Hall–Kier alpha value is -6.12. The van der Waals surface area contributed by atoms with Crippen molar-refractivity contribution < 1.29 is 0 Å². The predicted molar refractivity (Wildman–Crippen MR) is 210 cm³/mol. The van der Waals surface area contributed by atoms with E-state index in [0.717, 1.165) is 23.5 Å². The largest absolute Gasteiger partial charge is 0.333 e. The first-order chi connectivity index (χ1) is 24.8. The SMILES string of the molecule is C1=CCC(n2c3ccccc3c3ccc(N(c4ccccc4)c4ccc5c(c4)-c4c6cccc4C4C=CC=C5C4c4ccccc4-6)cc32)C=C1. The summed E-state index contributed by atoms with van der Waals surface area (Å²) in [6.45, 7) is 0. The van der Waals surface area contributed by atoms with Gasteiger partial charge in [0.15, 0.2) is 0 Å². The molecule has 0 spiro atoms. The highest BCUT2D eigenvalue weighted by Crippen LogP contribution is 2.60. The van der Waals surface area contributed by atoms with Crippen LogP contribution in [0.2, 0.25) is 0 Å². The number of benzene rings is 6. The molecule has 0 amide bonds. The van der Waals surface area contributed by atoms with Crippen molar-refractivity contribution in [1.29, 1.82) is 0 Å². The molecule has 6 bridgehead atoms. The zero-order valence-corrected chi connectivity index (χ0v) is 27.6. The van der Waals surface area contributed by atoms with Crippen molar-refractivity contribution >= 4 is 44.4 Å². The number of aromatic nitrogens is 1. The molecule has 0 saturated heterocycles. The lowest BCUT2D eigenvalue weighted by Gasteiger charge is -2.31. The molecule has 4 aliphatic carbocycles. The van der Waals surface area contributed by atoms with E-state index in [2.05, 4.69) is 185 Å². The third-order valence-corrected chi connectivity index (χ3v) is 11.4. The minimum Gasteiger partial charge on any atom is -0.333 e. The van der Waals surface area contributed by atoms with E-state index in [1.807, 2.05) is 0 Å². The normalized spacial score (nSPS) is 19.2. The smallest absolute Gasteiger partial charge is 0.0560 e. The maximum atomic E-state index is 2.54. The second kappa shape index (κ2) is 10.7. The molecule has 236 valence electrons. The third kappa shape index (κ3) is 3.90. The van der Waals surface area contributed by atoms with Crippen LogP contribution in [0, 0.1) is 0 Å². The number of allylic oxidation sites excluding steroid dienone is 8. The molecule has 0 fully saturated rings. The summed E-state index contributed by atoms with van der Waals surface area (Å²) < 4.78 is 2.54. The lowest BCUT2D eigenvalue weighted by molar-refractivity contribution is 0.648. The lowest BCUT2D eigenvalue weighted by atomic mass is 9.73. The van der Waals surface area contributed by atoms with Gasteiger partial charge in [-0.1, -0.05) is 134 Å². The van der Waals surface area contributed by atoms with Gasteiger partial charge in [-0.3, -0.25) is 0 Å². The fraction of sp³-hybridized carbons (Fsp3) is 0.0833. The number of para-hydroxylation sites is 2. The summed E-state index contributed by atoms with van der Waals surface area (Å²) in [5, 5.41) is 2.59. The van der Waals surface area contributed by atoms with Crippen molar-refractivity contribution in [2.45, 2.75) is 24.3 Å². The van der Waals surface area contributed by atoms with E-state index < -0.39 is 0 Å². The first kappa shape index (κ1) is 27.8. The molecular formula is C48H34N2. The summed E-state index contributed by atoms with van der Waals surface area (Å²) in [6, 6.07) is 50.3. The molecule has 7 aromatic rings. The van der Waals surface area contributed by atoms with Crippen molar-refractivity contribution in [3.05, 3.63) is 193 Å². The Morgan fingerprint density at radius 3 is 2.22 bits per heavy atom. The van der Waals surface area contributed by atoms with Crippen LogP contribution in [0.1, 0.15) is 41.0 Å². The van der Waals surface area contributed by atoms with Gasteiger partial charge in [-0.05, 0) is 93.4 Å². The Balaban J connectivity index is 1.16. The topological polar surface area (TPSA) is 8.17 Å². The van der Waals surface area contributed by atoms with E-state index >= 15 is 0 Å². The van der Waals surface area contributed by atoms with Gasteiger partial charge in [-0.2, -0.15) is 0 Å². The number of hydrogen-bond acceptors (Lipinski definition) is 1. The van der Waals surface area contributed by atoms with Crippen LogP contribution in [0.25, 0.3) is 49.6 Å². The highest BCUT2D eigenvalue weighted by atomic mass is 15.1. The van der Waals surface area contributed by atoms with Crippen molar-refractivity contribution in [2.24, 2.45) is 0 Å². The highest BCUT2D eigenvalue weighted by molar-refractivity contribution is 6.09. The first-order valence-electron chi connectivity index (χ1n) is 17.8. The summed E-state index contributed by atoms with van der Waals surface area (Å²) in [7, 11) is 0. The fourth-order valence-electron chi connectivity index (χ4n) is 9.37. The van der Waals surface area contributed by atoms with Crippen LogP contribution in [0.5, 0.6) is 0 Å². The first-order valence-corrected chi connectivity index (χ1v) is 17.8. The Labute approximate surface area is 292 Å². The van der Waals surface area contributed by atoms with Crippen LogP contribution in [-0.4, -0.2) is 4.57 Å². The molecule has 0 radical (unpaired) electrons. The number of anilines is 3. The predicted octanol–water partition coefficient (Wildman–Crippen LogP) is 12.8. The van der Waals surface area contributed by atoms with Gasteiger partial charge in [-0.25, -0.2) is 0 Å². The molecule has 0 N–H and O–H groups in total. The monoisotopic (exact) mass is 638 g/mol. The van der Waals surface area contributed by atoms with E-state index in [9.17, 15) is 0 Å². The molecule has 3 atom stereocenters. The van der Waals surface area contributed by atoms with Crippen LogP contribution in [0.3, 0.4) is 0 Å². The van der Waals surface area contributed by atoms with Gasteiger partial charge >= 0.3 is 0 Å². The van der Waals surface area contributed by atoms with Gasteiger partial charge in [0.2, 0.25) is 0 Å². The Morgan fingerprint density at radius 2 is 1.30 bits per heavy atom. The molecular weight excluding hydrogens is 605 g/mol. The summed E-state index contributed by atoms with van der Waals surface area (Å²) in [5.41, 5.74) is 17.0. The van der Waals surface area contributed by atoms with Crippen LogP contribution in [0.4, 0.5) is 17.1 Å².